The number of halogens is 1. The van der Waals surface area contributed by atoms with Gasteiger partial charge in [-0.15, -0.1) is 0 Å². The highest BCUT2D eigenvalue weighted by Crippen LogP contribution is 2.17. The summed E-state index contributed by atoms with van der Waals surface area (Å²) in [4.78, 5) is 25.9. The topological polar surface area (TPSA) is 73.5 Å². The van der Waals surface area contributed by atoms with Crippen LogP contribution in [0.15, 0.2) is 24.3 Å². The number of hydrogen-bond acceptors (Lipinski definition) is 4. The molecule has 3 N–H and O–H groups in total. The number of para-hydroxylation sites is 1. The normalized spacial score (nSPS) is 19.0. The number of anilines is 1. The Bertz CT molecular complexity index is 523. The zero-order chi connectivity index (χ0) is 15.2. The molecule has 1 aliphatic heterocycles. The largest absolute Gasteiger partial charge is 0.358 e. The highest BCUT2D eigenvalue weighted by Gasteiger charge is 2.29. The zero-order valence-electron chi connectivity index (χ0n) is 11.9. The molecule has 0 aliphatic carbocycles. The Kier molecular flexibility index (Phi) is 5.95. The molecule has 1 aromatic carbocycles. The van der Waals surface area contributed by atoms with Crippen LogP contribution in [0.25, 0.3) is 0 Å². The molecule has 21 heavy (non-hydrogen) atoms. The van der Waals surface area contributed by atoms with Crippen molar-refractivity contribution in [2.45, 2.75) is 6.04 Å². The van der Waals surface area contributed by atoms with Crippen molar-refractivity contribution in [2.75, 3.05) is 38.5 Å². The number of nitrogens with zero attached hydrogens (tertiary/aromatic N) is 1. The molecule has 0 aromatic heterocycles. The van der Waals surface area contributed by atoms with Crippen LogP contribution in [0.2, 0.25) is 0 Å². The Morgan fingerprint density at radius 2 is 2.19 bits per heavy atom. The maximum absolute atomic E-state index is 12.2. The molecule has 1 atom stereocenters. The predicted molar refractivity (Wildman–Crippen MR) is 90.1 cm³/mol. The van der Waals surface area contributed by atoms with Crippen molar-refractivity contribution in [3.63, 3.8) is 0 Å². The van der Waals surface area contributed by atoms with E-state index in [9.17, 15) is 9.59 Å². The highest BCUT2D eigenvalue weighted by molar-refractivity contribution is 14.1. The van der Waals surface area contributed by atoms with E-state index in [1.807, 2.05) is 29.2 Å². The lowest BCUT2D eigenvalue weighted by Crippen LogP contribution is -2.58. The molecule has 0 bridgehead atoms. The van der Waals surface area contributed by atoms with Gasteiger partial charge in [-0.3, -0.25) is 14.5 Å². The molecule has 1 saturated heterocycles. The number of rotatable bonds is 4. The van der Waals surface area contributed by atoms with Crippen molar-refractivity contribution in [3.8, 4) is 0 Å². The third-order valence-electron chi connectivity index (χ3n) is 3.40. The molecular weight excluding hydrogens is 383 g/mol. The summed E-state index contributed by atoms with van der Waals surface area (Å²) < 4.78 is 0.992. The second-order valence-electron chi connectivity index (χ2n) is 4.83. The van der Waals surface area contributed by atoms with Crippen LogP contribution < -0.4 is 16.0 Å². The van der Waals surface area contributed by atoms with Crippen molar-refractivity contribution >= 4 is 40.1 Å². The van der Waals surface area contributed by atoms with E-state index in [1.165, 1.54) is 0 Å². The molecule has 0 spiro atoms. The number of piperazine rings is 1. The van der Waals surface area contributed by atoms with Gasteiger partial charge >= 0.3 is 0 Å². The van der Waals surface area contributed by atoms with Gasteiger partial charge in [0.25, 0.3) is 0 Å². The standard InChI is InChI=1S/C14H19IN4O2/c1-16-14(21)12-8-17-6-7-19(12)9-13(20)18-11-5-3-2-4-10(11)15/h2-5,12,17H,6-9H2,1H3,(H,16,21)(H,18,20). The summed E-state index contributed by atoms with van der Waals surface area (Å²) in [6, 6.07) is 7.32. The molecule has 7 heteroatoms. The second-order valence-corrected chi connectivity index (χ2v) is 5.99. The van der Waals surface area contributed by atoms with Crippen LogP contribution in [-0.4, -0.2) is 56.0 Å². The van der Waals surface area contributed by atoms with E-state index in [2.05, 4.69) is 38.5 Å². The Labute approximate surface area is 137 Å². The van der Waals surface area contributed by atoms with Crippen LogP contribution in [0.1, 0.15) is 0 Å². The fourth-order valence-corrected chi connectivity index (χ4v) is 2.82. The molecule has 0 saturated carbocycles. The third-order valence-corrected chi connectivity index (χ3v) is 4.34. The lowest BCUT2D eigenvalue weighted by atomic mass is 10.1. The lowest BCUT2D eigenvalue weighted by molar-refractivity contribution is -0.128. The molecule has 2 rings (SSSR count). The van der Waals surface area contributed by atoms with Crippen LogP contribution in [0, 0.1) is 3.57 Å². The van der Waals surface area contributed by atoms with Gasteiger partial charge in [0.2, 0.25) is 11.8 Å². The van der Waals surface area contributed by atoms with E-state index in [0.29, 0.717) is 13.1 Å². The van der Waals surface area contributed by atoms with Gasteiger partial charge in [0.1, 0.15) is 6.04 Å². The fourth-order valence-electron chi connectivity index (χ4n) is 2.30. The minimum absolute atomic E-state index is 0.0655. The first-order chi connectivity index (χ1) is 10.1. The van der Waals surface area contributed by atoms with E-state index >= 15 is 0 Å². The Hall–Kier alpha value is -1.19. The van der Waals surface area contributed by atoms with E-state index in [1.54, 1.807) is 7.05 Å². The predicted octanol–water partition coefficient (Wildman–Crippen LogP) is 0.250. The van der Waals surface area contributed by atoms with Crippen LogP contribution >= 0.6 is 22.6 Å². The molecule has 0 radical (unpaired) electrons. The number of benzene rings is 1. The van der Waals surface area contributed by atoms with Crippen LogP contribution in [-0.2, 0) is 9.59 Å². The smallest absolute Gasteiger partial charge is 0.238 e. The molecule has 114 valence electrons. The molecule has 1 aromatic rings. The van der Waals surface area contributed by atoms with E-state index in [4.69, 9.17) is 0 Å². The second kappa shape index (κ2) is 7.71. The molecule has 6 nitrogen and oxygen atoms in total. The van der Waals surface area contributed by atoms with Gasteiger partial charge in [0.15, 0.2) is 0 Å². The first kappa shape index (κ1) is 16.2. The van der Waals surface area contributed by atoms with Crippen LogP contribution in [0.5, 0.6) is 0 Å². The summed E-state index contributed by atoms with van der Waals surface area (Å²) in [5, 5.41) is 8.71. The number of carbonyl (C=O) groups excluding carboxylic acids is 2. The van der Waals surface area contributed by atoms with Crippen molar-refractivity contribution in [1.82, 2.24) is 15.5 Å². The monoisotopic (exact) mass is 402 g/mol. The van der Waals surface area contributed by atoms with E-state index < -0.39 is 0 Å². The van der Waals surface area contributed by atoms with Gasteiger partial charge < -0.3 is 16.0 Å². The Balaban J connectivity index is 1.97. The number of hydrogen-bond donors (Lipinski definition) is 3. The lowest BCUT2D eigenvalue weighted by Gasteiger charge is -2.34. The van der Waals surface area contributed by atoms with Gasteiger partial charge in [0, 0.05) is 30.3 Å². The zero-order valence-corrected chi connectivity index (χ0v) is 14.0. The van der Waals surface area contributed by atoms with Gasteiger partial charge in [-0.25, -0.2) is 0 Å². The van der Waals surface area contributed by atoms with Crippen LogP contribution in [0.3, 0.4) is 0 Å². The SMILES string of the molecule is CNC(=O)C1CNCCN1CC(=O)Nc1ccccc1I. The average Bonchev–Trinajstić information content (AvgIpc) is 2.49. The molecule has 1 unspecified atom stereocenters. The summed E-state index contributed by atoms with van der Waals surface area (Å²) in [5.74, 6) is -0.167. The van der Waals surface area contributed by atoms with Crippen molar-refractivity contribution in [1.29, 1.82) is 0 Å². The average molecular weight is 402 g/mol. The van der Waals surface area contributed by atoms with Crippen molar-refractivity contribution in [3.05, 3.63) is 27.8 Å². The number of nitrogens with one attached hydrogen (secondary N) is 3. The number of carbonyl (C=O) groups is 2. The van der Waals surface area contributed by atoms with E-state index in [0.717, 1.165) is 15.8 Å². The van der Waals surface area contributed by atoms with Gasteiger partial charge in [-0.05, 0) is 34.7 Å². The number of likely N-dealkylation sites (N-methyl/N-ethyl adjacent to an activating group) is 1. The summed E-state index contributed by atoms with van der Waals surface area (Å²) >= 11 is 2.18. The minimum atomic E-state index is -0.302. The van der Waals surface area contributed by atoms with Crippen LogP contribution in [0.4, 0.5) is 5.69 Å². The first-order valence-electron chi connectivity index (χ1n) is 6.82. The quantitative estimate of drug-likeness (QED) is 0.632. The van der Waals surface area contributed by atoms with Crippen molar-refractivity contribution < 1.29 is 9.59 Å². The van der Waals surface area contributed by atoms with Gasteiger partial charge in [-0.1, -0.05) is 12.1 Å². The van der Waals surface area contributed by atoms with E-state index in [-0.39, 0.29) is 24.4 Å². The summed E-state index contributed by atoms with van der Waals surface area (Å²) in [5.41, 5.74) is 0.801. The third kappa shape index (κ3) is 4.39. The minimum Gasteiger partial charge on any atom is -0.358 e. The summed E-state index contributed by atoms with van der Waals surface area (Å²) in [6.07, 6.45) is 0. The van der Waals surface area contributed by atoms with Gasteiger partial charge in [-0.2, -0.15) is 0 Å². The molecule has 1 heterocycles. The summed E-state index contributed by atoms with van der Waals surface area (Å²) in [7, 11) is 1.61. The Morgan fingerprint density at radius 3 is 2.90 bits per heavy atom. The highest BCUT2D eigenvalue weighted by atomic mass is 127. The summed E-state index contributed by atoms with van der Waals surface area (Å²) in [6.45, 7) is 2.24. The van der Waals surface area contributed by atoms with Gasteiger partial charge in [0.05, 0.1) is 12.2 Å². The molecule has 2 amide bonds. The molecule has 1 aliphatic rings. The van der Waals surface area contributed by atoms with Crippen molar-refractivity contribution in [2.24, 2.45) is 0 Å². The Morgan fingerprint density at radius 1 is 1.43 bits per heavy atom. The fraction of sp³-hybridized carbons (Fsp3) is 0.429. The molecular formula is C14H19IN4O2. The molecule has 1 fully saturated rings. The maximum atomic E-state index is 12.2. The first-order valence-corrected chi connectivity index (χ1v) is 7.90. The number of amides is 2. The maximum Gasteiger partial charge on any atom is 0.238 e.